The molecular weight excluding hydrogens is 228 g/mol. The van der Waals surface area contributed by atoms with Gasteiger partial charge in [0.15, 0.2) is 5.92 Å². The number of hydrogen-bond acceptors (Lipinski definition) is 2. The number of rotatable bonds is 1. The molecule has 0 atom stereocenters. The van der Waals surface area contributed by atoms with Crippen LogP contribution in [0.25, 0.3) is 0 Å². The van der Waals surface area contributed by atoms with E-state index >= 15 is 0 Å². The molecule has 0 unspecified atom stereocenters. The number of H-pyrrole nitrogens is 1. The van der Waals surface area contributed by atoms with Gasteiger partial charge in [-0.05, 0) is 0 Å². The van der Waals surface area contributed by atoms with Crippen molar-refractivity contribution in [1.29, 1.82) is 0 Å². The van der Waals surface area contributed by atoms with Crippen molar-refractivity contribution in [2.45, 2.75) is 18.3 Å². The van der Waals surface area contributed by atoms with Gasteiger partial charge in [0.05, 0.1) is 5.69 Å². The van der Waals surface area contributed by atoms with Gasteiger partial charge in [-0.3, -0.25) is 5.10 Å². The van der Waals surface area contributed by atoms with Crippen LogP contribution in [0.1, 0.15) is 11.6 Å². The number of anilines is 1. The number of hydrogen-bond donors (Lipinski definition) is 2. The van der Waals surface area contributed by atoms with E-state index in [-0.39, 0.29) is 0 Å². The molecule has 0 radical (unpaired) electrons. The number of aromatic nitrogens is 2. The molecule has 1 aromatic rings. The summed E-state index contributed by atoms with van der Waals surface area (Å²) in [6, 6.07) is 0.506. The Labute approximate surface area is 79.3 Å². The Bertz CT molecular complexity index is 323. The van der Waals surface area contributed by atoms with Crippen molar-refractivity contribution in [3.63, 3.8) is 0 Å². The van der Waals surface area contributed by atoms with Crippen LogP contribution in [0.4, 0.5) is 32.2 Å². The van der Waals surface area contributed by atoms with E-state index in [9.17, 15) is 26.3 Å². The van der Waals surface area contributed by atoms with Crippen molar-refractivity contribution in [2.24, 2.45) is 0 Å². The second-order valence-corrected chi connectivity index (χ2v) is 2.76. The summed E-state index contributed by atoms with van der Waals surface area (Å²) in [4.78, 5) is 0. The van der Waals surface area contributed by atoms with E-state index in [1.807, 2.05) is 0 Å². The summed E-state index contributed by atoms with van der Waals surface area (Å²) < 4.78 is 72.6. The summed E-state index contributed by atoms with van der Waals surface area (Å²) in [5, 5.41) is 4.62. The zero-order valence-corrected chi connectivity index (χ0v) is 6.95. The van der Waals surface area contributed by atoms with Crippen LogP contribution in [0.2, 0.25) is 0 Å². The van der Waals surface area contributed by atoms with Gasteiger partial charge in [0.25, 0.3) is 0 Å². The van der Waals surface area contributed by atoms with E-state index in [1.165, 1.54) is 0 Å². The highest BCUT2D eigenvalue weighted by atomic mass is 19.4. The fourth-order valence-corrected chi connectivity index (χ4v) is 1.04. The molecule has 15 heavy (non-hydrogen) atoms. The average Bonchev–Trinajstić information content (AvgIpc) is 2.28. The third-order valence-corrected chi connectivity index (χ3v) is 1.58. The number of halogens is 6. The van der Waals surface area contributed by atoms with Gasteiger partial charge < -0.3 is 5.73 Å². The molecule has 3 N–H and O–H groups in total. The quantitative estimate of drug-likeness (QED) is 0.730. The first-order valence-corrected chi connectivity index (χ1v) is 3.56. The zero-order chi connectivity index (χ0) is 11.9. The summed E-state index contributed by atoms with van der Waals surface area (Å²) in [7, 11) is 0. The average molecular weight is 233 g/mol. The number of aromatic amines is 1. The molecule has 0 spiro atoms. The van der Waals surface area contributed by atoms with E-state index in [0.29, 0.717) is 6.07 Å². The van der Waals surface area contributed by atoms with E-state index in [4.69, 9.17) is 5.73 Å². The maximum atomic E-state index is 12.1. The first kappa shape index (κ1) is 11.7. The van der Waals surface area contributed by atoms with Crippen LogP contribution in [0, 0.1) is 0 Å². The lowest BCUT2D eigenvalue weighted by Gasteiger charge is -2.21. The number of nitrogens with zero attached hydrogens (tertiary/aromatic N) is 1. The molecule has 0 aliphatic carbocycles. The number of alkyl halides is 6. The monoisotopic (exact) mass is 233 g/mol. The summed E-state index contributed by atoms with van der Waals surface area (Å²) in [5.74, 6) is -4.02. The topological polar surface area (TPSA) is 54.7 Å². The summed E-state index contributed by atoms with van der Waals surface area (Å²) >= 11 is 0. The molecule has 86 valence electrons. The minimum absolute atomic E-state index is 0.427. The van der Waals surface area contributed by atoms with Crippen molar-refractivity contribution in [3.05, 3.63) is 11.8 Å². The van der Waals surface area contributed by atoms with Crippen molar-refractivity contribution < 1.29 is 26.3 Å². The molecule has 1 rings (SSSR count). The number of nitrogens with two attached hydrogens (primary N) is 1. The molecule has 0 aliphatic heterocycles. The van der Waals surface area contributed by atoms with Crippen molar-refractivity contribution >= 4 is 5.82 Å². The third-order valence-electron chi connectivity index (χ3n) is 1.58. The lowest BCUT2D eigenvalue weighted by molar-refractivity contribution is -0.254. The predicted octanol–water partition coefficient (Wildman–Crippen LogP) is 2.20. The van der Waals surface area contributed by atoms with Crippen LogP contribution >= 0.6 is 0 Å². The molecule has 0 saturated carbocycles. The van der Waals surface area contributed by atoms with Crippen molar-refractivity contribution in [1.82, 2.24) is 10.2 Å². The SMILES string of the molecule is Nc1cc(C(C(F)(F)F)C(F)(F)F)[nH]n1. The molecule has 0 aliphatic rings. The normalized spacial score (nSPS) is 13.5. The smallest absolute Gasteiger partial charge is 0.382 e. The second-order valence-electron chi connectivity index (χ2n) is 2.76. The summed E-state index contributed by atoms with van der Waals surface area (Å²) in [5.41, 5.74) is 3.81. The second kappa shape index (κ2) is 3.31. The highest BCUT2D eigenvalue weighted by Gasteiger charge is 2.58. The fourth-order valence-electron chi connectivity index (χ4n) is 1.04. The van der Waals surface area contributed by atoms with Crippen molar-refractivity contribution in [3.8, 4) is 0 Å². The molecule has 9 heteroatoms. The van der Waals surface area contributed by atoms with E-state index in [2.05, 4.69) is 5.10 Å². The highest BCUT2D eigenvalue weighted by molar-refractivity contribution is 5.31. The molecule has 0 fully saturated rings. The Hall–Kier alpha value is -1.41. The lowest BCUT2D eigenvalue weighted by Crippen LogP contribution is -2.34. The Morgan fingerprint density at radius 1 is 1.13 bits per heavy atom. The molecule has 1 heterocycles. The molecule has 1 aromatic heterocycles. The largest absolute Gasteiger partial charge is 0.405 e. The van der Waals surface area contributed by atoms with E-state index < -0.39 is 29.8 Å². The van der Waals surface area contributed by atoms with Gasteiger partial charge in [-0.1, -0.05) is 0 Å². The zero-order valence-electron chi connectivity index (χ0n) is 6.95. The van der Waals surface area contributed by atoms with Crippen LogP contribution < -0.4 is 5.73 Å². The number of nitrogen functional groups attached to an aromatic ring is 1. The van der Waals surface area contributed by atoms with Gasteiger partial charge in [-0.2, -0.15) is 31.4 Å². The van der Waals surface area contributed by atoms with Crippen molar-refractivity contribution in [2.75, 3.05) is 5.73 Å². The highest BCUT2D eigenvalue weighted by Crippen LogP contribution is 2.45. The Balaban J connectivity index is 3.14. The van der Waals surface area contributed by atoms with Gasteiger partial charge in [-0.15, -0.1) is 0 Å². The summed E-state index contributed by atoms with van der Waals surface area (Å²) in [6.45, 7) is 0. The first-order valence-electron chi connectivity index (χ1n) is 3.56. The summed E-state index contributed by atoms with van der Waals surface area (Å²) in [6.07, 6.45) is -10.9. The maximum Gasteiger partial charge on any atom is 0.405 e. The van der Waals surface area contributed by atoms with Gasteiger partial charge in [0.2, 0.25) is 0 Å². The maximum absolute atomic E-state index is 12.1. The Morgan fingerprint density at radius 2 is 1.60 bits per heavy atom. The third kappa shape index (κ3) is 2.54. The van der Waals surface area contributed by atoms with Crippen LogP contribution in [-0.4, -0.2) is 22.5 Å². The van der Waals surface area contributed by atoms with E-state index in [1.54, 1.807) is 5.10 Å². The van der Waals surface area contributed by atoms with Crippen LogP contribution in [0.3, 0.4) is 0 Å². The molecule has 0 saturated heterocycles. The Kier molecular flexibility index (Phi) is 2.58. The van der Waals surface area contributed by atoms with Crippen LogP contribution in [-0.2, 0) is 0 Å². The van der Waals surface area contributed by atoms with Gasteiger partial charge >= 0.3 is 12.4 Å². The first-order chi connectivity index (χ1) is 6.62. The molecular formula is C6H5F6N3. The van der Waals surface area contributed by atoms with Crippen LogP contribution in [0.5, 0.6) is 0 Å². The fraction of sp³-hybridized carbons (Fsp3) is 0.500. The molecule has 0 bridgehead atoms. The molecule has 3 nitrogen and oxygen atoms in total. The van der Waals surface area contributed by atoms with Gasteiger partial charge in [0, 0.05) is 6.07 Å². The van der Waals surface area contributed by atoms with Gasteiger partial charge in [-0.25, -0.2) is 0 Å². The molecule has 0 aromatic carbocycles. The lowest BCUT2D eigenvalue weighted by atomic mass is 10.1. The molecule has 0 amide bonds. The van der Waals surface area contributed by atoms with Crippen LogP contribution in [0.15, 0.2) is 6.07 Å². The van der Waals surface area contributed by atoms with E-state index in [0.717, 1.165) is 0 Å². The minimum Gasteiger partial charge on any atom is -0.382 e. The number of nitrogens with one attached hydrogen (secondary N) is 1. The predicted molar refractivity (Wildman–Crippen MR) is 37.9 cm³/mol. The standard InChI is InChI=1S/C6H5F6N3/c7-5(8,9)4(6(10,11)12)2-1-3(13)15-14-2/h1,4H,(H3,13,14,15). The minimum atomic E-state index is -5.43. The van der Waals surface area contributed by atoms with Gasteiger partial charge in [0.1, 0.15) is 5.82 Å². The Morgan fingerprint density at radius 3 is 1.87 bits per heavy atom.